The molecule has 0 saturated heterocycles. The number of H-pyrrole nitrogens is 1. The van der Waals surface area contributed by atoms with Crippen molar-refractivity contribution in [2.24, 2.45) is 5.92 Å². The highest BCUT2D eigenvalue weighted by molar-refractivity contribution is 6.01. The summed E-state index contributed by atoms with van der Waals surface area (Å²) in [6.45, 7) is 2.13. The minimum atomic E-state index is -0.394. The normalized spacial score (nSPS) is 24.7. The van der Waals surface area contributed by atoms with E-state index in [4.69, 9.17) is 0 Å². The largest absolute Gasteiger partial charge is 0.349 e. The zero-order valence-electron chi connectivity index (χ0n) is 12.9. The third kappa shape index (κ3) is 2.85. The Kier molecular flexibility index (Phi) is 4.14. The molecule has 3 rings (SSSR count). The van der Waals surface area contributed by atoms with Crippen LogP contribution in [0.1, 0.15) is 71.9 Å². The Balaban J connectivity index is 1.84. The number of carbonyl (C=O) groups excluding carboxylic acids is 2. The van der Waals surface area contributed by atoms with E-state index in [9.17, 15) is 14.4 Å². The van der Waals surface area contributed by atoms with E-state index in [0.717, 1.165) is 25.7 Å². The predicted octanol–water partition coefficient (Wildman–Crippen LogP) is 2.20. The lowest BCUT2D eigenvalue weighted by Gasteiger charge is -2.29. The maximum Gasteiger partial charge on any atom is 0.261 e. The van der Waals surface area contributed by atoms with Crippen LogP contribution < -0.4 is 10.9 Å². The lowest BCUT2D eigenvalue weighted by Crippen LogP contribution is -2.43. The Hall–Kier alpha value is -1.91. The number of rotatable bonds is 2. The minimum Gasteiger partial charge on any atom is -0.349 e. The molecule has 2 N–H and O–H groups in total. The first-order valence-electron chi connectivity index (χ1n) is 8.16. The highest BCUT2D eigenvalue weighted by atomic mass is 16.2. The van der Waals surface area contributed by atoms with Crippen LogP contribution in [0, 0.1) is 5.92 Å². The number of aryl methyl sites for hydroxylation is 1. The van der Waals surface area contributed by atoms with Crippen LogP contribution >= 0.6 is 0 Å². The highest BCUT2D eigenvalue weighted by Gasteiger charge is 2.26. The summed E-state index contributed by atoms with van der Waals surface area (Å²) in [5.41, 5.74) is 0.845. The quantitative estimate of drug-likeness (QED) is 0.879. The van der Waals surface area contributed by atoms with Crippen LogP contribution in [-0.2, 0) is 6.42 Å². The van der Waals surface area contributed by atoms with Gasteiger partial charge in [-0.15, -0.1) is 0 Å². The second-order valence-electron chi connectivity index (χ2n) is 6.52. The second-order valence-corrected chi connectivity index (χ2v) is 6.52. The van der Waals surface area contributed by atoms with Crippen molar-refractivity contribution in [3.8, 4) is 0 Å². The average Bonchev–Trinajstić information content (AvgIpc) is 2.49. The van der Waals surface area contributed by atoms with Gasteiger partial charge >= 0.3 is 0 Å². The van der Waals surface area contributed by atoms with Crippen LogP contribution in [0.25, 0.3) is 0 Å². The topological polar surface area (TPSA) is 79.0 Å². The van der Waals surface area contributed by atoms with E-state index in [2.05, 4.69) is 17.2 Å². The molecule has 1 saturated carbocycles. The molecular formula is C17H22N2O3. The van der Waals surface area contributed by atoms with E-state index in [-0.39, 0.29) is 23.3 Å². The number of nitrogens with one attached hydrogen (secondary N) is 2. The van der Waals surface area contributed by atoms with Crippen molar-refractivity contribution in [2.75, 3.05) is 0 Å². The maximum atomic E-state index is 12.4. The molecule has 2 unspecified atom stereocenters. The fourth-order valence-corrected chi connectivity index (χ4v) is 3.52. The van der Waals surface area contributed by atoms with Gasteiger partial charge in [0, 0.05) is 23.7 Å². The molecule has 5 nitrogen and oxygen atoms in total. The first-order chi connectivity index (χ1) is 10.6. The first kappa shape index (κ1) is 15.0. The molecule has 2 aliphatic carbocycles. The van der Waals surface area contributed by atoms with Gasteiger partial charge in [0.2, 0.25) is 0 Å². The number of amides is 1. The van der Waals surface area contributed by atoms with Crippen molar-refractivity contribution in [1.29, 1.82) is 0 Å². The van der Waals surface area contributed by atoms with Crippen LogP contribution in [0.15, 0.2) is 10.9 Å². The van der Waals surface area contributed by atoms with E-state index >= 15 is 0 Å². The van der Waals surface area contributed by atoms with E-state index in [1.54, 1.807) is 0 Å². The Morgan fingerprint density at radius 1 is 1.18 bits per heavy atom. The molecule has 1 aromatic rings. The lowest BCUT2D eigenvalue weighted by atomic mass is 9.86. The van der Waals surface area contributed by atoms with E-state index < -0.39 is 5.56 Å². The minimum absolute atomic E-state index is 0.0117. The Labute approximate surface area is 129 Å². The van der Waals surface area contributed by atoms with Crippen molar-refractivity contribution in [2.45, 2.75) is 57.9 Å². The molecule has 1 aromatic heterocycles. The van der Waals surface area contributed by atoms with Gasteiger partial charge < -0.3 is 10.3 Å². The van der Waals surface area contributed by atoms with Gasteiger partial charge in [0.25, 0.3) is 11.5 Å². The first-order valence-corrected chi connectivity index (χ1v) is 8.16. The molecule has 2 atom stereocenters. The van der Waals surface area contributed by atoms with Gasteiger partial charge in [-0.25, -0.2) is 0 Å². The van der Waals surface area contributed by atoms with Gasteiger partial charge in [0.15, 0.2) is 5.78 Å². The standard InChI is InChI=1S/C17H22N2O3/c1-10-5-2-3-6-13(10)18-16(21)12-9-11-14(19-17(12)22)7-4-8-15(11)20/h9-10,13H,2-8H2,1H3,(H,18,21)(H,19,22). The molecule has 5 heteroatoms. The Morgan fingerprint density at radius 2 is 1.95 bits per heavy atom. The Bertz CT molecular complexity index is 662. The van der Waals surface area contributed by atoms with Gasteiger partial charge in [-0.1, -0.05) is 19.8 Å². The van der Waals surface area contributed by atoms with Crippen molar-refractivity contribution >= 4 is 11.7 Å². The molecule has 1 heterocycles. The van der Waals surface area contributed by atoms with Crippen molar-refractivity contribution < 1.29 is 9.59 Å². The van der Waals surface area contributed by atoms with Gasteiger partial charge in [0.1, 0.15) is 5.56 Å². The van der Waals surface area contributed by atoms with E-state index in [1.807, 2.05) is 0 Å². The molecule has 0 spiro atoms. The van der Waals surface area contributed by atoms with Gasteiger partial charge in [-0.3, -0.25) is 14.4 Å². The number of ketones is 1. The van der Waals surface area contributed by atoms with E-state index in [1.165, 1.54) is 12.5 Å². The number of aromatic amines is 1. The molecule has 118 valence electrons. The summed E-state index contributed by atoms with van der Waals surface area (Å²) in [5, 5.41) is 2.98. The van der Waals surface area contributed by atoms with Gasteiger partial charge in [0.05, 0.1) is 0 Å². The third-order valence-electron chi connectivity index (χ3n) is 4.93. The monoisotopic (exact) mass is 302 g/mol. The summed E-state index contributed by atoms with van der Waals surface area (Å²) in [7, 11) is 0. The maximum absolute atomic E-state index is 12.4. The third-order valence-corrected chi connectivity index (χ3v) is 4.93. The number of hydrogen-bond donors (Lipinski definition) is 2. The summed E-state index contributed by atoms with van der Waals surface area (Å²) in [6.07, 6.45) is 6.29. The number of aromatic nitrogens is 1. The smallest absolute Gasteiger partial charge is 0.261 e. The summed E-state index contributed by atoms with van der Waals surface area (Å²) in [5.74, 6) is 0.0785. The number of Topliss-reactive ketones (excluding diaryl/α,β-unsaturated/α-hetero) is 1. The fraction of sp³-hybridized carbons (Fsp3) is 0.588. The summed E-state index contributed by atoms with van der Waals surface area (Å²) in [4.78, 5) is 39.2. The molecule has 22 heavy (non-hydrogen) atoms. The summed E-state index contributed by atoms with van der Waals surface area (Å²) in [6, 6.07) is 1.60. The SMILES string of the molecule is CC1CCCCC1NC(=O)c1cc2c([nH]c1=O)CCCC2=O. The molecule has 0 radical (unpaired) electrons. The van der Waals surface area contributed by atoms with Gasteiger partial charge in [-0.05, 0) is 37.7 Å². The fourth-order valence-electron chi connectivity index (χ4n) is 3.52. The number of carbonyl (C=O) groups is 2. The lowest BCUT2D eigenvalue weighted by molar-refractivity contribution is 0.0908. The number of fused-ring (bicyclic) bond motifs is 1. The van der Waals surface area contributed by atoms with Crippen LogP contribution in [0.3, 0.4) is 0 Å². The van der Waals surface area contributed by atoms with Crippen LogP contribution in [0.5, 0.6) is 0 Å². The predicted molar refractivity (Wildman–Crippen MR) is 83.2 cm³/mol. The van der Waals surface area contributed by atoms with Crippen LogP contribution in [0.2, 0.25) is 0 Å². The number of pyridine rings is 1. The molecule has 1 fully saturated rings. The second kappa shape index (κ2) is 6.07. The zero-order chi connectivity index (χ0) is 15.7. The highest BCUT2D eigenvalue weighted by Crippen LogP contribution is 2.24. The molecule has 0 aliphatic heterocycles. The van der Waals surface area contributed by atoms with Crippen LogP contribution in [0.4, 0.5) is 0 Å². The molecular weight excluding hydrogens is 280 g/mol. The summed E-state index contributed by atoms with van der Waals surface area (Å²) >= 11 is 0. The molecule has 1 amide bonds. The van der Waals surface area contributed by atoms with Crippen molar-refractivity contribution in [3.63, 3.8) is 0 Å². The Morgan fingerprint density at radius 3 is 2.73 bits per heavy atom. The summed E-state index contributed by atoms with van der Waals surface area (Å²) < 4.78 is 0. The molecule has 0 bridgehead atoms. The van der Waals surface area contributed by atoms with Crippen molar-refractivity contribution in [3.05, 3.63) is 33.2 Å². The van der Waals surface area contributed by atoms with Crippen molar-refractivity contribution in [1.82, 2.24) is 10.3 Å². The van der Waals surface area contributed by atoms with Crippen LogP contribution in [-0.4, -0.2) is 22.7 Å². The average molecular weight is 302 g/mol. The molecule has 0 aromatic carbocycles. The number of hydrogen-bond acceptors (Lipinski definition) is 3. The van der Waals surface area contributed by atoms with Gasteiger partial charge in [-0.2, -0.15) is 0 Å². The molecule has 2 aliphatic rings. The zero-order valence-corrected chi connectivity index (χ0v) is 12.9. The van der Waals surface area contributed by atoms with E-state index in [0.29, 0.717) is 30.0 Å².